The molecule has 0 heterocycles. The van der Waals surface area contributed by atoms with E-state index in [-0.39, 0.29) is 10.8 Å². The third-order valence-electron chi connectivity index (χ3n) is 1.59. The SMILES string of the molecule is NC(=S)Nc1cc(F)c(C(F)(F)F)c(F)c1. The van der Waals surface area contributed by atoms with Crippen molar-refractivity contribution in [1.82, 2.24) is 0 Å². The zero-order valence-electron chi connectivity index (χ0n) is 7.53. The van der Waals surface area contributed by atoms with Crippen molar-refractivity contribution in [2.24, 2.45) is 5.73 Å². The van der Waals surface area contributed by atoms with E-state index < -0.39 is 23.4 Å². The van der Waals surface area contributed by atoms with E-state index in [4.69, 9.17) is 5.73 Å². The fourth-order valence-corrected chi connectivity index (χ4v) is 1.18. The Labute approximate surface area is 92.2 Å². The Kier molecular flexibility index (Phi) is 3.32. The molecule has 0 saturated carbocycles. The molecular weight excluding hydrogens is 251 g/mol. The van der Waals surface area contributed by atoms with E-state index >= 15 is 0 Å². The molecule has 0 aliphatic rings. The van der Waals surface area contributed by atoms with E-state index in [0.29, 0.717) is 12.1 Å². The van der Waals surface area contributed by atoms with Crippen molar-refractivity contribution in [3.05, 3.63) is 29.3 Å². The molecular formula is C8H5F5N2S. The predicted octanol–water partition coefficient (Wildman–Crippen LogP) is 2.64. The molecule has 0 bridgehead atoms. The van der Waals surface area contributed by atoms with Gasteiger partial charge in [-0.2, -0.15) is 13.2 Å². The Morgan fingerprint density at radius 2 is 1.62 bits per heavy atom. The molecule has 0 aliphatic carbocycles. The lowest BCUT2D eigenvalue weighted by Gasteiger charge is -2.11. The summed E-state index contributed by atoms with van der Waals surface area (Å²) < 4.78 is 62.4. The van der Waals surface area contributed by atoms with Crippen LogP contribution in [0.4, 0.5) is 27.6 Å². The maximum absolute atomic E-state index is 13.0. The highest BCUT2D eigenvalue weighted by atomic mass is 32.1. The molecule has 0 radical (unpaired) electrons. The van der Waals surface area contributed by atoms with E-state index in [2.05, 4.69) is 17.5 Å². The Balaban J connectivity index is 3.23. The molecule has 88 valence electrons. The first-order chi connectivity index (χ1) is 7.21. The number of benzene rings is 1. The van der Waals surface area contributed by atoms with Crippen molar-refractivity contribution in [2.45, 2.75) is 6.18 Å². The largest absolute Gasteiger partial charge is 0.422 e. The molecule has 0 saturated heterocycles. The number of nitrogens with two attached hydrogens (primary N) is 1. The van der Waals surface area contributed by atoms with Gasteiger partial charge in [0.15, 0.2) is 5.11 Å². The van der Waals surface area contributed by atoms with E-state index in [1.165, 1.54) is 0 Å². The zero-order valence-corrected chi connectivity index (χ0v) is 8.35. The highest BCUT2D eigenvalue weighted by Gasteiger charge is 2.37. The molecule has 1 aromatic carbocycles. The van der Waals surface area contributed by atoms with E-state index in [1.54, 1.807) is 0 Å². The molecule has 0 aliphatic heterocycles. The highest BCUT2D eigenvalue weighted by Crippen LogP contribution is 2.34. The van der Waals surface area contributed by atoms with Gasteiger partial charge in [0, 0.05) is 5.69 Å². The minimum Gasteiger partial charge on any atom is -0.376 e. The van der Waals surface area contributed by atoms with Crippen molar-refractivity contribution >= 4 is 23.0 Å². The van der Waals surface area contributed by atoms with Gasteiger partial charge >= 0.3 is 6.18 Å². The third-order valence-corrected chi connectivity index (χ3v) is 1.70. The van der Waals surface area contributed by atoms with Gasteiger partial charge in [0.05, 0.1) is 0 Å². The van der Waals surface area contributed by atoms with Gasteiger partial charge in [0.2, 0.25) is 0 Å². The van der Waals surface area contributed by atoms with E-state index in [9.17, 15) is 22.0 Å². The van der Waals surface area contributed by atoms with Gasteiger partial charge in [-0.05, 0) is 24.4 Å². The van der Waals surface area contributed by atoms with Crippen LogP contribution in [0.15, 0.2) is 12.1 Å². The van der Waals surface area contributed by atoms with Gasteiger partial charge in [-0.3, -0.25) is 0 Å². The van der Waals surface area contributed by atoms with Crippen molar-refractivity contribution < 1.29 is 22.0 Å². The number of hydrogen-bond donors (Lipinski definition) is 2. The predicted molar refractivity (Wildman–Crippen MR) is 51.8 cm³/mol. The van der Waals surface area contributed by atoms with Crippen LogP contribution in [0, 0.1) is 11.6 Å². The maximum Gasteiger partial charge on any atom is 0.422 e. The first kappa shape index (κ1) is 12.6. The summed E-state index contributed by atoms with van der Waals surface area (Å²) in [6, 6.07) is 0.927. The molecule has 0 aromatic heterocycles. The van der Waals surface area contributed by atoms with Crippen LogP contribution in [-0.2, 0) is 6.18 Å². The van der Waals surface area contributed by atoms with Gasteiger partial charge in [-0.1, -0.05) is 0 Å². The smallest absolute Gasteiger partial charge is 0.376 e. The van der Waals surface area contributed by atoms with Gasteiger partial charge < -0.3 is 11.1 Å². The fraction of sp³-hybridized carbons (Fsp3) is 0.125. The lowest BCUT2D eigenvalue weighted by atomic mass is 10.1. The van der Waals surface area contributed by atoms with Gasteiger partial charge in [-0.15, -0.1) is 0 Å². The number of alkyl halides is 3. The van der Waals surface area contributed by atoms with E-state index in [1.807, 2.05) is 0 Å². The van der Waals surface area contributed by atoms with Crippen molar-refractivity contribution in [2.75, 3.05) is 5.32 Å². The summed E-state index contributed by atoms with van der Waals surface area (Å²) >= 11 is 4.37. The molecule has 0 unspecified atom stereocenters. The molecule has 0 atom stereocenters. The summed E-state index contributed by atoms with van der Waals surface area (Å²) in [7, 11) is 0. The van der Waals surface area contributed by atoms with Gasteiger partial charge in [0.25, 0.3) is 0 Å². The fourth-order valence-electron chi connectivity index (χ4n) is 1.06. The summed E-state index contributed by atoms with van der Waals surface area (Å²) in [4.78, 5) is 0. The second-order valence-corrected chi connectivity index (χ2v) is 3.24. The second kappa shape index (κ2) is 4.20. The zero-order chi connectivity index (χ0) is 12.5. The summed E-state index contributed by atoms with van der Waals surface area (Å²) in [5.74, 6) is -3.46. The number of halogens is 5. The molecule has 0 fully saturated rings. The minimum atomic E-state index is -5.09. The lowest BCUT2D eigenvalue weighted by molar-refractivity contribution is -0.142. The van der Waals surface area contributed by atoms with Crippen molar-refractivity contribution in [3.8, 4) is 0 Å². The number of nitrogens with one attached hydrogen (secondary N) is 1. The summed E-state index contributed by atoms with van der Waals surface area (Å²) in [6.45, 7) is 0. The first-order valence-corrected chi connectivity index (χ1v) is 4.25. The molecule has 16 heavy (non-hydrogen) atoms. The van der Waals surface area contributed by atoms with Gasteiger partial charge in [-0.25, -0.2) is 8.78 Å². The second-order valence-electron chi connectivity index (χ2n) is 2.80. The Morgan fingerprint density at radius 3 is 1.94 bits per heavy atom. The molecule has 0 amide bonds. The average molecular weight is 256 g/mol. The van der Waals surface area contributed by atoms with Crippen LogP contribution in [0.25, 0.3) is 0 Å². The Morgan fingerprint density at radius 1 is 1.19 bits per heavy atom. The van der Waals surface area contributed by atoms with Crippen LogP contribution in [0.2, 0.25) is 0 Å². The quantitative estimate of drug-likeness (QED) is 0.599. The first-order valence-electron chi connectivity index (χ1n) is 3.84. The minimum absolute atomic E-state index is 0.282. The summed E-state index contributed by atoms with van der Waals surface area (Å²) in [5, 5.41) is 1.82. The van der Waals surface area contributed by atoms with Crippen LogP contribution < -0.4 is 11.1 Å². The van der Waals surface area contributed by atoms with Crippen LogP contribution >= 0.6 is 12.2 Å². The van der Waals surface area contributed by atoms with Crippen LogP contribution in [-0.4, -0.2) is 5.11 Å². The highest BCUT2D eigenvalue weighted by molar-refractivity contribution is 7.80. The van der Waals surface area contributed by atoms with E-state index in [0.717, 1.165) is 0 Å². The lowest BCUT2D eigenvalue weighted by Crippen LogP contribution is -2.20. The molecule has 2 nitrogen and oxygen atoms in total. The van der Waals surface area contributed by atoms with Crippen LogP contribution in [0.5, 0.6) is 0 Å². The number of hydrogen-bond acceptors (Lipinski definition) is 1. The monoisotopic (exact) mass is 256 g/mol. The standard InChI is InChI=1S/C8H5F5N2S/c9-4-1-3(15-7(14)16)2-5(10)6(4)8(11,12)13/h1-2H,(H3,14,15,16). The van der Waals surface area contributed by atoms with Crippen molar-refractivity contribution in [3.63, 3.8) is 0 Å². The molecule has 8 heteroatoms. The van der Waals surface area contributed by atoms with Crippen LogP contribution in [0.1, 0.15) is 5.56 Å². The number of thiocarbonyl (C=S) groups is 1. The molecule has 1 rings (SSSR count). The normalized spacial score (nSPS) is 11.3. The molecule has 1 aromatic rings. The Hall–Kier alpha value is -1.44. The maximum atomic E-state index is 13.0. The van der Waals surface area contributed by atoms with Crippen LogP contribution in [0.3, 0.4) is 0 Å². The number of rotatable bonds is 1. The summed E-state index contributed by atoms with van der Waals surface area (Å²) in [5.41, 5.74) is 2.78. The average Bonchev–Trinajstić information content (AvgIpc) is 1.96. The summed E-state index contributed by atoms with van der Waals surface area (Å²) in [6.07, 6.45) is -5.09. The molecule has 0 spiro atoms. The van der Waals surface area contributed by atoms with Gasteiger partial charge in [0.1, 0.15) is 17.2 Å². The topological polar surface area (TPSA) is 38.0 Å². The molecule has 3 N–H and O–H groups in total. The number of anilines is 1. The van der Waals surface area contributed by atoms with Crippen molar-refractivity contribution in [1.29, 1.82) is 0 Å². The Bertz CT molecular complexity index is 406. The third kappa shape index (κ3) is 2.78.